The number of nitrogens with zero attached hydrogens (tertiary/aromatic N) is 1. The molecule has 0 aliphatic carbocycles. The molecule has 6 nitrogen and oxygen atoms in total. The number of aromatic nitrogens is 1. The molecule has 0 spiro atoms. The number of unbranched alkanes of at least 4 members (excludes halogenated alkanes) is 9. The number of carbonyl (C=O) groups is 2. The average molecular weight is 481 g/mol. The van der Waals surface area contributed by atoms with Crippen molar-refractivity contribution in [3.8, 4) is 0 Å². The zero-order chi connectivity index (χ0) is 25.1. The number of amides is 1. The molecule has 0 fully saturated rings. The van der Waals surface area contributed by atoms with Crippen molar-refractivity contribution in [3.63, 3.8) is 0 Å². The number of pyridine rings is 1. The summed E-state index contributed by atoms with van der Waals surface area (Å²) in [7, 11) is 0. The van der Waals surface area contributed by atoms with Gasteiger partial charge in [-0.15, -0.1) is 0 Å². The average Bonchev–Trinajstić information content (AvgIpc) is 3.11. The molecule has 6 heteroatoms. The first-order valence-electron chi connectivity index (χ1n) is 13.3. The van der Waals surface area contributed by atoms with E-state index in [1.54, 1.807) is 36.0 Å². The zero-order valence-electron chi connectivity index (χ0n) is 21.3. The maximum absolute atomic E-state index is 13.8. The van der Waals surface area contributed by atoms with Gasteiger partial charge in [0.2, 0.25) is 6.54 Å². The Morgan fingerprint density at radius 3 is 2.37 bits per heavy atom. The topological polar surface area (TPSA) is 82.3 Å². The van der Waals surface area contributed by atoms with Crippen molar-refractivity contribution in [2.75, 3.05) is 6.61 Å². The second-order valence-corrected chi connectivity index (χ2v) is 9.52. The Bertz CT molecular complexity index is 990. The molecule has 0 radical (unpaired) electrons. The Hall–Kier alpha value is -2.73. The van der Waals surface area contributed by atoms with E-state index in [0.717, 1.165) is 18.4 Å². The lowest BCUT2D eigenvalue weighted by Crippen LogP contribution is -2.51. The maximum Gasteiger partial charge on any atom is 0.372 e. The molecule has 0 saturated carbocycles. The fourth-order valence-electron chi connectivity index (χ4n) is 4.77. The first kappa shape index (κ1) is 26.9. The Morgan fingerprint density at radius 2 is 1.69 bits per heavy atom. The smallest absolute Gasteiger partial charge is 0.372 e. The monoisotopic (exact) mass is 480 g/mol. The largest absolute Gasteiger partial charge is 0.827 e. The van der Waals surface area contributed by atoms with Crippen molar-refractivity contribution in [2.45, 2.75) is 96.7 Å². The van der Waals surface area contributed by atoms with Gasteiger partial charge in [-0.05, 0) is 36.5 Å². The second-order valence-electron chi connectivity index (χ2n) is 9.52. The molecular weight excluding hydrogens is 440 g/mol. The molecule has 2 heterocycles. The lowest BCUT2D eigenvalue weighted by atomic mass is 9.93. The molecule has 1 aliphatic heterocycles. The van der Waals surface area contributed by atoms with Crippen LogP contribution in [-0.4, -0.2) is 18.5 Å². The number of hydrogen-bond donors (Lipinski definition) is 1. The summed E-state index contributed by atoms with van der Waals surface area (Å²) in [4.78, 5) is 24.4. The first-order chi connectivity index (χ1) is 17.0. The van der Waals surface area contributed by atoms with Crippen LogP contribution in [0.4, 0.5) is 0 Å². The third-order valence-electron chi connectivity index (χ3n) is 6.70. The van der Waals surface area contributed by atoms with Crippen LogP contribution >= 0.6 is 0 Å². The van der Waals surface area contributed by atoms with E-state index in [1.165, 1.54) is 57.8 Å². The number of rotatable bonds is 15. The van der Waals surface area contributed by atoms with Crippen LogP contribution in [0.15, 0.2) is 42.7 Å². The van der Waals surface area contributed by atoms with Gasteiger partial charge in [-0.3, -0.25) is 4.79 Å². The van der Waals surface area contributed by atoms with Gasteiger partial charge < -0.3 is 15.2 Å². The van der Waals surface area contributed by atoms with Crippen LogP contribution < -0.4 is 15.0 Å². The number of carbonyl (C=O) groups excluding carboxylic acids is 2. The summed E-state index contributed by atoms with van der Waals surface area (Å²) < 4.78 is 6.54. The summed E-state index contributed by atoms with van der Waals surface area (Å²) in [6.45, 7) is 4.28. The minimum Gasteiger partial charge on any atom is -0.827 e. The van der Waals surface area contributed by atoms with Crippen molar-refractivity contribution in [1.82, 2.24) is 5.32 Å². The van der Waals surface area contributed by atoms with Gasteiger partial charge in [0, 0.05) is 11.8 Å². The summed E-state index contributed by atoms with van der Waals surface area (Å²) >= 11 is 0. The number of aryl methyl sites for hydroxylation is 1. The third kappa shape index (κ3) is 7.38. The predicted molar refractivity (Wildman–Crippen MR) is 134 cm³/mol. The van der Waals surface area contributed by atoms with Crippen LogP contribution in [0.25, 0.3) is 0 Å². The molecule has 1 aromatic carbocycles. The van der Waals surface area contributed by atoms with Crippen molar-refractivity contribution in [2.24, 2.45) is 0 Å². The molecule has 0 bridgehead atoms. The summed E-state index contributed by atoms with van der Waals surface area (Å²) in [5.74, 6) is -0.808. The third-order valence-corrected chi connectivity index (χ3v) is 6.70. The molecule has 1 N–H and O–H groups in total. The fourth-order valence-corrected chi connectivity index (χ4v) is 4.77. The Morgan fingerprint density at radius 1 is 1.00 bits per heavy atom. The van der Waals surface area contributed by atoms with Crippen molar-refractivity contribution < 1.29 is 24.0 Å². The van der Waals surface area contributed by atoms with E-state index >= 15 is 0 Å². The van der Waals surface area contributed by atoms with Gasteiger partial charge in [-0.25, -0.2) is 4.79 Å². The van der Waals surface area contributed by atoms with E-state index in [-0.39, 0.29) is 12.5 Å². The van der Waals surface area contributed by atoms with Crippen LogP contribution in [0.1, 0.15) is 105 Å². The standard InChI is InChI=1S/C29H40N2O4/c1-3-5-6-7-8-9-10-11-12-13-15-23-16-14-17-24(20-23)29(34)26-18-19-31(22-27(32)35-4-2)21-25(26)28(33)30-29/h14,16-21H,3-13,15,22H2,1-2H3,(H,30,33). The molecule has 3 rings (SSSR count). The Kier molecular flexibility index (Phi) is 10.3. The predicted octanol–water partition coefficient (Wildman–Crippen LogP) is 4.31. The molecule has 2 aromatic rings. The number of nitrogens with one attached hydrogen (secondary N) is 1. The van der Waals surface area contributed by atoms with Gasteiger partial charge in [0.25, 0.3) is 5.91 Å². The van der Waals surface area contributed by atoms with E-state index in [1.807, 2.05) is 12.1 Å². The van der Waals surface area contributed by atoms with E-state index < -0.39 is 11.6 Å². The van der Waals surface area contributed by atoms with Gasteiger partial charge >= 0.3 is 5.97 Å². The van der Waals surface area contributed by atoms with E-state index in [4.69, 9.17) is 4.74 Å². The van der Waals surface area contributed by atoms with E-state index in [2.05, 4.69) is 18.3 Å². The van der Waals surface area contributed by atoms with Gasteiger partial charge in [-0.1, -0.05) is 89.0 Å². The molecule has 1 amide bonds. The van der Waals surface area contributed by atoms with Crippen LogP contribution in [0, 0.1) is 0 Å². The molecule has 1 unspecified atom stereocenters. The second kappa shape index (κ2) is 13.4. The Labute approximate surface area is 209 Å². The first-order valence-corrected chi connectivity index (χ1v) is 13.3. The maximum atomic E-state index is 13.8. The van der Waals surface area contributed by atoms with Gasteiger partial charge in [0.05, 0.1) is 6.61 Å². The van der Waals surface area contributed by atoms with Gasteiger partial charge in [0.1, 0.15) is 5.56 Å². The number of ether oxygens (including phenoxy) is 1. The highest BCUT2D eigenvalue weighted by Crippen LogP contribution is 2.32. The SMILES string of the molecule is CCCCCCCCCCCCc1cccc(C2([O-])NC(=O)c3c[n+](CC(=O)OCC)ccc32)c1. The fraction of sp³-hybridized carbons (Fsp3) is 0.552. The summed E-state index contributed by atoms with van der Waals surface area (Å²) in [5, 5.41) is 16.5. The number of esters is 1. The van der Waals surface area contributed by atoms with Crippen molar-refractivity contribution in [1.29, 1.82) is 0 Å². The molecule has 190 valence electrons. The molecular formula is C29H40N2O4. The minimum absolute atomic E-state index is 0.00536. The van der Waals surface area contributed by atoms with Crippen LogP contribution in [-0.2, 0) is 28.2 Å². The molecule has 35 heavy (non-hydrogen) atoms. The van der Waals surface area contributed by atoms with E-state index in [9.17, 15) is 14.7 Å². The Balaban J connectivity index is 1.55. The molecule has 1 aromatic heterocycles. The summed E-state index contributed by atoms with van der Waals surface area (Å²) in [6.07, 6.45) is 17.0. The van der Waals surface area contributed by atoms with Crippen LogP contribution in [0.2, 0.25) is 0 Å². The van der Waals surface area contributed by atoms with Crippen molar-refractivity contribution in [3.05, 3.63) is 65.0 Å². The summed E-state index contributed by atoms with van der Waals surface area (Å²) in [5.41, 5.74) is 0.514. The molecule has 1 aliphatic rings. The van der Waals surface area contributed by atoms with Gasteiger partial charge in [-0.2, -0.15) is 4.57 Å². The highest BCUT2D eigenvalue weighted by molar-refractivity contribution is 5.99. The quantitative estimate of drug-likeness (QED) is 0.234. The zero-order valence-corrected chi connectivity index (χ0v) is 21.3. The van der Waals surface area contributed by atoms with Crippen LogP contribution in [0.5, 0.6) is 0 Å². The number of fused-ring (bicyclic) bond motifs is 1. The van der Waals surface area contributed by atoms with Gasteiger partial charge in [0.15, 0.2) is 12.4 Å². The minimum atomic E-state index is -1.83. The lowest BCUT2D eigenvalue weighted by molar-refractivity contribution is -0.686. The normalized spacial score (nSPS) is 16.7. The van der Waals surface area contributed by atoms with Crippen molar-refractivity contribution >= 4 is 11.9 Å². The summed E-state index contributed by atoms with van der Waals surface area (Å²) in [6, 6.07) is 9.29. The number of benzene rings is 1. The van der Waals surface area contributed by atoms with Crippen LogP contribution in [0.3, 0.4) is 0 Å². The van der Waals surface area contributed by atoms with E-state index in [0.29, 0.717) is 23.3 Å². The highest BCUT2D eigenvalue weighted by Gasteiger charge is 2.37. The molecule has 1 atom stereocenters. The highest BCUT2D eigenvalue weighted by atomic mass is 16.5. The lowest BCUT2D eigenvalue weighted by Gasteiger charge is -2.37. The molecule has 0 saturated heterocycles. The number of hydrogen-bond acceptors (Lipinski definition) is 4.